The molecule has 39 heavy (non-hydrogen) atoms. The summed E-state index contributed by atoms with van der Waals surface area (Å²) in [6.45, 7) is 10.9. The van der Waals surface area contributed by atoms with Crippen molar-refractivity contribution in [1.29, 1.82) is 10.8 Å². The Hall–Kier alpha value is -3.01. The zero-order valence-electron chi connectivity index (χ0n) is 24.0. The molecule has 2 aliphatic rings. The van der Waals surface area contributed by atoms with Crippen molar-refractivity contribution in [3.05, 3.63) is 53.6 Å². The van der Waals surface area contributed by atoms with Crippen molar-refractivity contribution in [2.45, 2.75) is 52.1 Å². The first-order chi connectivity index (χ1) is 18.9. The number of benzene rings is 1. The van der Waals surface area contributed by atoms with E-state index in [1.165, 1.54) is 43.6 Å². The summed E-state index contributed by atoms with van der Waals surface area (Å²) in [4.78, 5) is 15.9. The van der Waals surface area contributed by atoms with E-state index < -0.39 is 0 Å². The van der Waals surface area contributed by atoms with E-state index in [0.717, 1.165) is 32.5 Å². The molecule has 9 heteroatoms. The summed E-state index contributed by atoms with van der Waals surface area (Å²) in [5, 5.41) is 21.6. The van der Waals surface area contributed by atoms with Gasteiger partial charge in [0.2, 0.25) is 0 Å². The third kappa shape index (κ3) is 10.9. The monoisotopic (exact) mass is 541 g/mol. The van der Waals surface area contributed by atoms with Gasteiger partial charge in [0, 0.05) is 70.8 Å². The van der Waals surface area contributed by atoms with Crippen molar-refractivity contribution in [1.82, 2.24) is 15.1 Å². The van der Waals surface area contributed by atoms with E-state index in [0.29, 0.717) is 30.8 Å². The van der Waals surface area contributed by atoms with Gasteiger partial charge in [-0.2, -0.15) is 0 Å². The number of nitrogens with one attached hydrogen (secondary N) is 4. The number of nitrogens with two attached hydrogens (primary N) is 1. The minimum absolute atomic E-state index is 0. The summed E-state index contributed by atoms with van der Waals surface area (Å²) >= 11 is 0. The molecular weight excluding hydrogens is 490 g/mol. The summed E-state index contributed by atoms with van der Waals surface area (Å²) in [7, 11) is 1.59. The van der Waals surface area contributed by atoms with Gasteiger partial charge in [0.05, 0.1) is 6.61 Å². The molecule has 9 nitrogen and oxygen atoms in total. The Morgan fingerprint density at radius 2 is 1.97 bits per heavy atom. The third-order valence-electron chi connectivity index (χ3n) is 7.08. The van der Waals surface area contributed by atoms with E-state index in [4.69, 9.17) is 21.3 Å². The van der Waals surface area contributed by atoms with Crippen molar-refractivity contribution >= 4 is 23.6 Å². The summed E-state index contributed by atoms with van der Waals surface area (Å²) in [5.41, 5.74) is 9.82. The van der Waals surface area contributed by atoms with E-state index in [1.807, 2.05) is 19.9 Å². The molecular formula is C30H51N7O2. The van der Waals surface area contributed by atoms with Crippen molar-refractivity contribution in [3.63, 3.8) is 0 Å². The number of allylic oxidation sites excluding steroid dienone is 4. The van der Waals surface area contributed by atoms with Gasteiger partial charge in [-0.1, -0.05) is 36.8 Å². The molecule has 2 aliphatic heterocycles. The number of nitrogens with zero attached hydrogens (tertiary/aromatic N) is 2. The molecule has 0 aliphatic carbocycles. The van der Waals surface area contributed by atoms with Crippen LogP contribution in [0.3, 0.4) is 0 Å². The molecule has 0 radical (unpaired) electrons. The molecule has 1 aromatic carbocycles. The quantitative estimate of drug-likeness (QED) is 0.160. The number of carbonyl (C=O) groups is 1. The average Bonchev–Trinajstić information content (AvgIpc) is 2.96. The number of ether oxygens (including phenoxy) is 1. The summed E-state index contributed by atoms with van der Waals surface area (Å²) in [6, 6.07) is 8.36. The van der Waals surface area contributed by atoms with Crippen molar-refractivity contribution in [2.75, 3.05) is 58.3 Å². The molecule has 0 aromatic heterocycles. The molecule has 2 amide bonds. The Bertz CT molecular complexity index is 963. The Balaban J connectivity index is 0.000000390. The number of para-hydroxylation sites is 1. The lowest BCUT2D eigenvalue weighted by atomic mass is 9.85. The number of likely N-dealkylation sites (tertiary alicyclic amines) is 2. The third-order valence-corrected chi connectivity index (χ3v) is 7.08. The van der Waals surface area contributed by atoms with E-state index in [2.05, 4.69) is 39.8 Å². The lowest BCUT2D eigenvalue weighted by molar-refractivity contribution is 0.158. The second kappa shape index (κ2) is 18.3. The number of piperidine rings is 2. The molecule has 2 unspecified atom stereocenters. The molecule has 1 aromatic rings. The summed E-state index contributed by atoms with van der Waals surface area (Å²) in [6.07, 6.45) is 11.1. The van der Waals surface area contributed by atoms with Crippen LogP contribution in [0, 0.1) is 16.7 Å². The number of amides is 2. The van der Waals surface area contributed by atoms with Crippen molar-refractivity contribution in [2.24, 2.45) is 11.7 Å². The lowest BCUT2D eigenvalue weighted by Gasteiger charge is -2.37. The van der Waals surface area contributed by atoms with Crippen LogP contribution in [0.1, 0.15) is 46.5 Å². The fourth-order valence-corrected chi connectivity index (χ4v) is 4.93. The highest BCUT2D eigenvalue weighted by Gasteiger charge is 2.32. The number of hydrogen-bond donors (Lipinski definition) is 5. The van der Waals surface area contributed by atoms with Crippen LogP contribution in [0.2, 0.25) is 0 Å². The van der Waals surface area contributed by atoms with Gasteiger partial charge in [-0.3, -0.25) is 4.90 Å². The molecule has 2 saturated heterocycles. The molecule has 2 atom stereocenters. The van der Waals surface area contributed by atoms with E-state index in [9.17, 15) is 4.79 Å². The van der Waals surface area contributed by atoms with Crippen LogP contribution in [0.15, 0.2) is 48.1 Å². The minimum atomic E-state index is -0.205. The van der Waals surface area contributed by atoms with E-state index >= 15 is 0 Å². The number of anilines is 1. The van der Waals surface area contributed by atoms with Gasteiger partial charge in [0.15, 0.2) is 0 Å². The van der Waals surface area contributed by atoms with Gasteiger partial charge < -0.3 is 36.8 Å². The summed E-state index contributed by atoms with van der Waals surface area (Å²) < 4.78 is 5.37. The first-order valence-corrected chi connectivity index (χ1v) is 14.2. The Kier molecular flexibility index (Phi) is 15.1. The Morgan fingerprint density at radius 1 is 1.23 bits per heavy atom. The summed E-state index contributed by atoms with van der Waals surface area (Å²) in [5.74, 6) is -0.205. The topological polar surface area (TPSA) is 131 Å². The fourth-order valence-electron chi connectivity index (χ4n) is 4.93. The lowest BCUT2D eigenvalue weighted by Crippen LogP contribution is -2.53. The molecule has 6 N–H and O–H groups in total. The first-order valence-electron chi connectivity index (χ1n) is 14.2. The highest BCUT2D eigenvalue weighted by atomic mass is 16.5. The van der Waals surface area contributed by atoms with Crippen LogP contribution in [0.25, 0.3) is 0 Å². The zero-order valence-corrected chi connectivity index (χ0v) is 24.0. The van der Waals surface area contributed by atoms with Gasteiger partial charge in [-0.25, -0.2) is 4.79 Å². The van der Waals surface area contributed by atoms with Crippen molar-refractivity contribution in [3.8, 4) is 0 Å². The first kappa shape index (κ1) is 32.2. The van der Waals surface area contributed by atoms with E-state index in [1.54, 1.807) is 24.1 Å². The number of rotatable bonds is 11. The number of urea groups is 1. The van der Waals surface area contributed by atoms with Crippen LogP contribution >= 0.6 is 0 Å². The molecule has 2 heterocycles. The van der Waals surface area contributed by atoms with Crippen LogP contribution < -0.4 is 16.4 Å². The molecule has 3 rings (SSSR count). The predicted octanol–water partition coefficient (Wildman–Crippen LogP) is 4.51. The van der Waals surface area contributed by atoms with Crippen LogP contribution in [0.4, 0.5) is 10.5 Å². The molecule has 0 bridgehead atoms. The second-order valence-corrected chi connectivity index (χ2v) is 9.88. The SMILES string of the molecule is C/C=C\C(=C/C=N)C(=N)C1CN(C(=O)NC)CCC1N.CCOCCNc1ccccc1CN1CCCCC1.[HH]. The normalized spacial score (nSPS) is 20.2. The zero-order chi connectivity index (χ0) is 28.5. The van der Waals surface area contributed by atoms with Gasteiger partial charge in [0.25, 0.3) is 0 Å². The van der Waals surface area contributed by atoms with Crippen LogP contribution in [0.5, 0.6) is 0 Å². The predicted molar refractivity (Wildman–Crippen MR) is 164 cm³/mol. The van der Waals surface area contributed by atoms with Gasteiger partial charge in [-0.05, 0) is 69.5 Å². The molecule has 0 saturated carbocycles. The number of carbonyl (C=O) groups excluding carboxylic acids is 1. The van der Waals surface area contributed by atoms with Crippen molar-refractivity contribution < 1.29 is 11.0 Å². The maximum absolute atomic E-state index is 11.7. The Morgan fingerprint density at radius 3 is 2.64 bits per heavy atom. The maximum atomic E-state index is 11.7. The van der Waals surface area contributed by atoms with Gasteiger partial charge in [0.1, 0.15) is 0 Å². The van der Waals surface area contributed by atoms with Crippen LogP contribution in [-0.4, -0.2) is 86.8 Å². The smallest absolute Gasteiger partial charge is 0.317 e. The molecule has 2 fully saturated rings. The highest BCUT2D eigenvalue weighted by Crippen LogP contribution is 2.21. The average molecular weight is 542 g/mol. The standard InChI is InChI=1S/C16H26N2O.C14H23N5O.H2/c1-2-19-13-10-17-16-9-5-4-8-15(16)14-18-11-6-3-7-12-18;1-3-4-10(5-7-15)13(17)11-9-19(14(20)18-2)8-6-12(11)16;/h4-5,8-9,17H,2-3,6-7,10-14H2,1H3;3-5,7,11-12,15,17H,6,8-9,16H2,1-2H3,(H,18,20);1H/b;4-3-,10-5+,15-7?,17-13?;. The van der Waals surface area contributed by atoms with Crippen LogP contribution in [-0.2, 0) is 11.3 Å². The largest absolute Gasteiger partial charge is 0.382 e. The number of hydrogen-bond acceptors (Lipinski definition) is 7. The maximum Gasteiger partial charge on any atom is 0.317 e. The fraction of sp³-hybridized carbons (Fsp3) is 0.567. The Labute approximate surface area is 236 Å². The van der Waals surface area contributed by atoms with Gasteiger partial charge >= 0.3 is 6.03 Å². The molecule has 0 spiro atoms. The highest BCUT2D eigenvalue weighted by molar-refractivity contribution is 6.05. The minimum Gasteiger partial charge on any atom is -0.382 e. The van der Waals surface area contributed by atoms with Gasteiger partial charge in [-0.15, -0.1) is 0 Å². The van der Waals surface area contributed by atoms with E-state index in [-0.39, 0.29) is 19.4 Å². The second-order valence-electron chi connectivity index (χ2n) is 9.88. The molecule has 218 valence electrons.